The summed E-state index contributed by atoms with van der Waals surface area (Å²) in [7, 11) is 0. The van der Waals surface area contributed by atoms with Crippen molar-refractivity contribution in [2.75, 3.05) is 0 Å². The summed E-state index contributed by atoms with van der Waals surface area (Å²) < 4.78 is 2.25. The number of fused-ring (bicyclic) bond motifs is 3. The van der Waals surface area contributed by atoms with Crippen LogP contribution in [0.5, 0.6) is 0 Å². The van der Waals surface area contributed by atoms with Crippen LogP contribution in [0.3, 0.4) is 0 Å². The van der Waals surface area contributed by atoms with E-state index in [1.165, 1.54) is 0 Å². The smallest absolute Gasteiger partial charge is 0.187 e. The van der Waals surface area contributed by atoms with E-state index in [1.54, 1.807) is 6.07 Å². The second kappa shape index (κ2) is 18.7. The normalized spacial score (nSPS) is 11.0. The highest BCUT2D eigenvalue weighted by molar-refractivity contribution is 6.12. The van der Waals surface area contributed by atoms with E-state index < -0.39 is 0 Å². The minimum atomic E-state index is 0.385. The standard InChI is InChI=1S/C65H38N8/c1-68-52-27-15-26-49(35-52)51-29-31-54-53-30-28-50(48-25-14-16-42(32-48)40-66)36-61(53)73(62(54)37-51)63-55(60-39-59(46-21-10-4-11-22-46)69-64(72-60)47-23-12-5-13-24-47)33-43(41-67)34-56(63)65-70-57(44-17-6-2-7-18-44)38-58(71-65)45-19-8-3-9-20-45/h2-39H. The van der Waals surface area contributed by atoms with Gasteiger partial charge in [-0.3, -0.25) is 0 Å². The summed E-state index contributed by atoms with van der Waals surface area (Å²) in [5.74, 6) is 0.923. The van der Waals surface area contributed by atoms with Crippen molar-refractivity contribution in [1.82, 2.24) is 24.5 Å². The Morgan fingerprint density at radius 3 is 1.33 bits per heavy atom. The van der Waals surface area contributed by atoms with Crippen molar-refractivity contribution >= 4 is 27.5 Å². The molecule has 0 aliphatic carbocycles. The van der Waals surface area contributed by atoms with Gasteiger partial charge >= 0.3 is 0 Å². The largest absolute Gasteiger partial charge is 0.308 e. The molecule has 0 amide bonds. The Morgan fingerprint density at radius 1 is 0.356 bits per heavy atom. The van der Waals surface area contributed by atoms with Crippen molar-refractivity contribution in [2.45, 2.75) is 0 Å². The Morgan fingerprint density at radius 2 is 0.795 bits per heavy atom. The van der Waals surface area contributed by atoms with Crippen LogP contribution in [0.4, 0.5) is 5.69 Å². The Balaban J connectivity index is 1.26. The molecule has 12 aromatic rings. The van der Waals surface area contributed by atoms with Crippen LogP contribution in [0.2, 0.25) is 0 Å². The van der Waals surface area contributed by atoms with E-state index in [0.29, 0.717) is 68.1 Å². The minimum absolute atomic E-state index is 0.385. The zero-order valence-electron chi connectivity index (χ0n) is 39.0. The molecule has 338 valence electrons. The maximum Gasteiger partial charge on any atom is 0.187 e. The lowest BCUT2D eigenvalue weighted by atomic mass is 9.97. The first-order valence-electron chi connectivity index (χ1n) is 23.7. The van der Waals surface area contributed by atoms with Gasteiger partial charge in [0.15, 0.2) is 17.3 Å². The van der Waals surface area contributed by atoms with E-state index in [1.807, 2.05) is 188 Å². The molecule has 0 bridgehead atoms. The predicted octanol–water partition coefficient (Wildman–Crippen LogP) is 16.0. The van der Waals surface area contributed by atoms with Crippen LogP contribution in [0.1, 0.15) is 11.1 Å². The molecule has 0 atom stereocenters. The van der Waals surface area contributed by atoms with E-state index in [0.717, 1.165) is 66.3 Å². The third kappa shape index (κ3) is 8.32. The van der Waals surface area contributed by atoms with Gasteiger partial charge in [0, 0.05) is 44.2 Å². The second-order valence-corrected chi connectivity index (χ2v) is 17.6. The van der Waals surface area contributed by atoms with Crippen LogP contribution in [-0.4, -0.2) is 24.5 Å². The van der Waals surface area contributed by atoms with E-state index in [9.17, 15) is 10.5 Å². The SMILES string of the molecule is [C-]#[N+]c1cccc(-c2ccc3c4ccc(-c5cccc(C#N)c5)cc4n(-c4c(-c5cc(-c6ccccc6)nc(-c6ccccc6)n5)cc(C#N)cc4-c4nc(-c5ccccc5)cc(-c5ccccc5)n4)c3c2)c1. The highest BCUT2D eigenvalue weighted by atomic mass is 15.0. The maximum atomic E-state index is 11.1. The van der Waals surface area contributed by atoms with Gasteiger partial charge in [-0.05, 0) is 76.9 Å². The molecule has 0 spiro atoms. The molecular formula is C65H38N8. The van der Waals surface area contributed by atoms with E-state index in [2.05, 4.69) is 57.9 Å². The molecule has 0 aliphatic heterocycles. The summed E-state index contributed by atoms with van der Waals surface area (Å²) in [6.45, 7) is 7.85. The Kier molecular flexibility index (Phi) is 11.2. The average molecular weight is 931 g/mol. The van der Waals surface area contributed by atoms with E-state index in [4.69, 9.17) is 26.5 Å². The summed E-state index contributed by atoms with van der Waals surface area (Å²) in [5, 5.41) is 23.1. The summed E-state index contributed by atoms with van der Waals surface area (Å²) in [6, 6.07) is 80.8. The zero-order valence-corrected chi connectivity index (χ0v) is 39.0. The van der Waals surface area contributed by atoms with Crippen LogP contribution in [0.25, 0.3) is 122 Å². The first-order valence-corrected chi connectivity index (χ1v) is 23.7. The van der Waals surface area contributed by atoms with Crippen LogP contribution in [-0.2, 0) is 0 Å². The number of hydrogen-bond acceptors (Lipinski definition) is 6. The number of hydrogen-bond donors (Lipinski definition) is 0. The molecule has 0 saturated carbocycles. The monoisotopic (exact) mass is 930 g/mol. The van der Waals surface area contributed by atoms with Gasteiger partial charge in [0.1, 0.15) is 0 Å². The van der Waals surface area contributed by atoms with Crippen LogP contribution in [0.15, 0.2) is 231 Å². The van der Waals surface area contributed by atoms with Crippen molar-refractivity contribution in [2.24, 2.45) is 0 Å². The van der Waals surface area contributed by atoms with Gasteiger partial charge < -0.3 is 4.57 Å². The molecule has 0 radical (unpaired) electrons. The molecule has 0 saturated heterocycles. The van der Waals surface area contributed by atoms with Crippen LogP contribution in [0, 0.1) is 29.2 Å². The predicted molar refractivity (Wildman–Crippen MR) is 291 cm³/mol. The number of nitrogens with zero attached hydrogens (tertiary/aromatic N) is 8. The van der Waals surface area contributed by atoms with Gasteiger partial charge in [-0.15, -0.1) is 0 Å². The van der Waals surface area contributed by atoms with E-state index >= 15 is 0 Å². The number of nitriles is 2. The van der Waals surface area contributed by atoms with Crippen LogP contribution >= 0.6 is 0 Å². The van der Waals surface area contributed by atoms with Crippen LogP contribution < -0.4 is 0 Å². The molecule has 9 aromatic carbocycles. The molecule has 0 N–H and O–H groups in total. The lowest BCUT2D eigenvalue weighted by Gasteiger charge is -2.20. The van der Waals surface area contributed by atoms with Gasteiger partial charge in [-0.2, -0.15) is 10.5 Å². The second-order valence-electron chi connectivity index (χ2n) is 17.6. The maximum absolute atomic E-state index is 11.1. The Labute approximate surface area is 421 Å². The van der Waals surface area contributed by atoms with Crippen molar-refractivity contribution < 1.29 is 0 Å². The fourth-order valence-electron chi connectivity index (χ4n) is 9.59. The highest BCUT2D eigenvalue weighted by Crippen LogP contribution is 2.45. The summed E-state index contributed by atoms with van der Waals surface area (Å²) in [4.78, 5) is 25.2. The van der Waals surface area contributed by atoms with Crippen molar-refractivity contribution in [3.63, 3.8) is 0 Å². The van der Waals surface area contributed by atoms with Gasteiger partial charge in [0.2, 0.25) is 0 Å². The molecule has 3 aromatic heterocycles. The molecule has 0 fully saturated rings. The molecule has 0 aliphatic rings. The van der Waals surface area contributed by atoms with Gasteiger partial charge in [-0.1, -0.05) is 176 Å². The summed E-state index contributed by atoms with van der Waals surface area (Å²) in [5.41, 5.74) is 15.0. The zero-order chi connectivity index (χ0) is 49.3. The van der Waals surface area contributed by atoms with Crippen molar-refractivity contribution in [3.8, 4) is 108 Å². The number of rotatable bonds is 9. The molecule has 3 heterocycles. The first-order chi connectivity index (χ1) is 36.0. The lowest BCUT2D eigenvalue weighted by molar-refractivity contribution is 1.13. The minimum Gasteiger partial charge on any atom is -0.308 e. The third-order valence-corrected chi connectivity index (χ3v) is 13.1. The third-order valence-electron chi connectivity index (χ3n) is 13.1. The van der Waals surface area contributed by atoms with Gasteiger partial charge in [0.25, 0.3) is 0 Å². The van der Waals surface area contributed by atoms with E-state index in [-0.39, 0.29) is 0 Å². The number of benzene rings is 9. The summed E-state index contributed by atoms with van der Waals surface area (Å²) >= 11 is 0. The first kappa shape index (κ1) is 43.7. The Bertz CT molecular complexity index is 3840. The van der Waals surface area contributed by atoms with Gasteiger partial charge in [0.05, 0.1) is 69.3 Å². The fourth-order valence-corrected chi connectivity index (χ4v) is 9.59. The van der Waals surface area contributed by atoms with Gasteiger partial charge in [-0.25, -0.2) is 24.8 Å². The summed E-state index contributed by atoms with van der Waals surface area (Å²) in [6.07, 6.45) is 0. The molecule has 0 unspecified atom stereocenters. The number of aromatic nitrogens is 5. The molecular weight excluding hydrogens is 893 g/mol. The fraction of sp³-hybridized carbons (Fsp3) is 0. The molecule has 8 heteroatoms. The average Bonchev–Trinajstić information content (AvgIpc) is 3.80. The van der Waals surface area contributed by atoms with Crippen molar-refractivity contribution in [1.29, 1.82) is 10.5 Å². The molecule has 73 heavy (non-hydrogen) atoms. The topological polar surface area (TPSA) is 108 Å². The quantitative estimate of drug-likeness (QED) is 0.133. The Hall–Kier alpha value is -10.6. The molecule has 12 rings (SSSR count). The molecule has 8 nitrogen and oxygen atoms in total. The van der Waals surface area contributed by atoms with Crippen molar-refractivity contribution in [3.05, 3.63) is 253 Å². The highest BCUT2D eigenvalue weighted by Gasteiger charge is 2.26. The lowest BCUT2D eigenvalue weighted by Crippen LogP contribution is -2.06.